The Balaban J connectivity index is 1.94. The van der Waals surface area contributed by atoms with Gasteiger partial charge in [0.1, 0.15) is 12.7 Å². The van der Waals surface area contributed by atoms with Crippen LogP contribution in [0.15, 0.2) is 36.9 Å². The van der Waals surface area contributed by atoms with Crippen molar-refractivity contribution in [1.29, 1.82) is 0 Å². The molecule has 1 saturated carbocycles. The summed E-state index contributed by atoms with van der Waals surface area (Å²) in [6.07, 6.45) is 6.95. The van der Waals surface area contributed by atoms with E-state index in [9.17, 15) is 5.11 Å². The van der Waals surface area contributed by atoms with E-state index in [4.69, 9.17) is 11.6 Å². The van der Waals surface area contributed by atoms with Gasteiger partial charge in [-0.05, 0) is 54.7 Å². The Morgan fingerprint density at radius 3 is 2.62 bits per heavy atom. The van der Waals surface area contributed by atoms with Crippen LogP contribution in [0.3, 0.4) is 0 Å². The molecule has 0 bridgehead atoms. The standard InChI is InChI=1S/C19H26ClN3O/c1-4-17(23-13-21-12-22-23)19(24)15(9-10-18(19,2)3)11-14-5-7-16(20)8-6-14/h5-8,12-13,15,17,24H,4,9-11H2,1-3H3. The Bertz CT molecular complexity index is 668. The van der Waals surface area contributed by atoms with Crippen LogP contribution in [-0.4, -0.2) is 25.5 Å². The first-order chi connectivity index (χ1) is 11.4. The van der Waals surface area contributed by atoms with Gasteiger partial charge in [0.2, 0.25) is 0 Å². The van der Waals surface area contributed by atoms with Crippen LogP contribution in [0, 0.1) is 11.3 Å². The van der Waals surface area contributed by atoms with E-state index in [1.54, 1.807) is 12.7 Å². The number of benzene rings is 1. The van der Waals surface area contributed by atoms with E-state index in [1.165, 1.54) is 5.56 Å². The zero-order valence-corrected chi connectivity index (χ0v) is 15.4. The summed E-state index contributed by atoms with van der Waals surface area (Å²) in [4.78, 5) is 4.09. The van der Waals surface area contributed by atoms with E-state index >= 15 is 0 Å². The molecular weight excluding hydrogens is 322 g/mol. The van der Waals surface area contributed by atoms with Crippen molar-refractivity contribution < 1.29 is 5.11 Å². The van der Waals surface area contributed by atoms with Crippen LogP contribution in [0.4, 0.5) is 0 Å². The lowest BCUT2D eigenvalue weighted by molar-refractivity contribution is -0.119. The Morgan fingerprint density at radius 1 is 1.33 bits per heavy atom. The highest BCUT2D eigenvalue weighted by molar-refractivity contribution is 6.30. The summed E-state index contributed by atoms with van der Waals surface area (Å²) in [6.45, 7) is 6.46. The molecule has 1 aromatic carbocycles. The normalized spacial score (nSPS) is 27.3. The highest BCUT2D eigenvalue weighted by atomic mass is 35.5. The Morgan fingerprint density at radius 2 is 2.04 bits per heavy atom. The Kier molecular flexibility index (Phi) is 4.71. The van der Waals surface area contributed by atoms with Gasteiger partial charge < -0.3 is 5.11 Å². The number of hydrogen-bond donors (Lipinski definition) is 1. The molecule has 3 atom stereocenters. The molecule has 1 heterocycles. The fourth-order valence-electron chi connectivity index (χ4n) is 4.47. The topological polar surface area (TPSA) is 50.9 Å². The second-order valence-corrected chi connectivity index (χ2v) is 8.01. The first-order valence-electron chi connectivity index (χ1n) is 8.69. The zero-order valence-electron chi connectivity index (χ0n) is 14.6. The Hall–Kier alpha value is -1.39. The average molecular weight is 348 g/mol. The summed E-state index contributed by atoms with van der Waals surface area (Å²) in [7, 11) is 0. The highest BCUT2D eigenvalue weighted by Crippen LogP contribution is 2.56. The van der Waals surface area contributed by atoms with Gasteiger partial charge in [-0.25, -0.2) is 9.67 Å². The van der Waals surface area contributed by atoms with Crippen LogP contribution < -0.4 is 0 Å². The molecule has 3 rings (SSSR count). The van der Waals surface area contributed by atoms with E-state index in [2.05, 4.69) is 43.0 Å². The minimum absolute atomic E-state index is 0.0743. The molecule has 0 spiro atoms. The summed E-state index contributed by atoms with van der Waals surface area (Å²) >= 11 is 6.00. The molecular formula is C19H26ClN3O. The predicted octanol–water partition coefficient (Wildman–Crippen LogP) is 4.29. The van der Waals surface area contributed by atoms with Gasteiger partial charge in [0.25, 0.3) is 0 Å². The minimum Gasteiger partial charge on any atom is -0.387 e. The van der Waals surface area contributed by atoms with Crippen molar-refractivity contribution in [3.8, 4) is 0 Å². The summed E-state index contributed by atoms with van der Waals surface area (Å²) in [5.74, 6) is 0.183. The van der Waals surface area contributed by atoms with Gasteiger partial charge in [-0.15, -0.1) is 0 Å². The maximum Gasteiger partial charge on any atom is 0.137 e. The molecule has 1 aliphatic carbocycles. The van der Waals surface area contributed by atoms with Crippen LogP contribution >= 0.6 is 11.6 Å². The SMILES string of the molecule is CCC(n1cncn1)C1(O)C(Cc2ccc(Cl)cc2)CCC1(C)C. The third kappa shape index (κ3) is 2.86. The third-order valence-electron chi connectivity index (χ3n) is 5.87. The molecule has 1 aliphatic rings. The highest BCUT2D eigenvalue weighted by Gasteiger charge is 2.58. The molecule has 5 heteroatoms. The molecule has 3 unspecified atom stereocenters. The molecule has 1 aromatic heterocycles. The average Bonchev–Trinajstić information content (AvgIpc) is 3.14. The summed E-state index contributed by atoms with van der Waals surface area (Å²) in [6, 6.07) is 7.89. The predicted molar refractivity (Wildman–Crippen MR) is 96.0 cm³/mol. The monoisotopic (exact) mass is 347 g/mol. The van der Waals surface area contributed by atoms with Crippen molar-refractivity contribution in [2.45, 2.75) is 58.1 Å². The maximum absolute atomic E-state index is 11.9. The second kappa shape index (κ2) is 6.49. The van der Waals surface area contributed by atoms with Gasteiger partial charge >= 0.3 is 0 Å². The van der Waals surface area contributed by atoms with E-state index < -0.39 is 5.60 Å². The largest absolute Gasteiger partial charge is 0.387 e. The number of aromatic nitrogens is 3. The number of rotatable bonds is 5. The van der Waals surface area contributed by atoms with Crippen molar-refractivity contribution in [2.24, 2.45) is 11.3 Å². The maximum atomic E-state index is 11.9. The van der Waals surface area contributed by atoms with Crippen molar-refractivity contribution in [1.82, 2.24) is 14.8 Å². The summed E-state index contributed by atoms with van der Waals surface area (Å²) < 4.78 is 1.84. The molecule has 0 amide bonds. The zero-order chi connectivity index (χ0) is 17.4. The fourth-order valence-corrected chi connectivity index (χ4v) is 4.60. The molecule has 24 heavy (non-hydrogen) atoms. The van der Waals surface area contributed by atoms with Crippen molar-refractivity contribution in [2.75, 3.05) is 0 Å². The molecule has 0 saturated heterocycles. The van der Waals surface area contributed by atoms with Gasteiger partial charge in [-0.3, -0.25) is 0 Å². The number of nitrogens with zero attached hydrogens (tertiary/aromatic N) is 3. The lowest BCUT2D eigenvalue weighted by atomic mass is 9.67. The minimum atomic E-state index is -0.824. The van der Waals surface area contributed by atoms with Gasteiger partial charge in [0.15, 0.2) is 0 Å². The van der Waals surface area contributed by atoms with Gasteiger partial charge in [-0.1, -0.05) is 44.5 Å². The number of halogens is 1. The van der Waals surface area contributed by atoms with Crippen molar-refractivity contribution in [3.63, 3.8) is 0 Å². The molecule has 2 aromatic rings. The molecule has 0 aliphatic heterocycles. The van der Waals surface area contributed by atoms with E-state index in [-0.39, 0.29) is 17.4 Å². The fraction of sp³-hybridized carbons (Fsp3) is 0.579. The van der Waals surface area contributed by atoms with E-state index in [1.807, 2.05) is 16.8 Å². The Labute approximate surface area is 148 Å². The van der Waals surface area contributed by atoms with Crippen LogP contribution in [0.25, 0.3) is 0 Å². The van der Waals surface area contributed by atoms with E-state index in [0.29, 0.717) is 0 Å². The summed E-state index contributed by atoms with van der Waals surface area (Å²) in [5.41, 5.74) is 0.222. The second-order valence-electron chi connectivity index (χ2n) is 7.57. The van der Waals surface area contributed by atoms with Crippen LogP contribution in [0.5, 0.6) is 0 Å². The number of hydrogen-bond acceptors (Lipinski definition) is 3. The molecule has 0 radical (unpaired) electrons. The smallest absolute Gasteiger partial charge is 0.137 e. The third-order valence-corrected chi connectivity index (χ3v) is 6.12. The first kappa shape index (κ1) is 17.4. The lowest BCUT2D eigenvalue weighted by Gasteiger charge is -2.46. The van der Waals surface area contributed by atoms with Gasteiger partial charge in [0, 0.05) is 5.02 Å². The summed E-state index contributed by atoms with van der Waals surface area (Å²) in [5, 5.41) is 17.0. The van der Waals surface area contributed by atoms with Crippen LogP contribution in [0.1, 0.15) is 51.6 Å². The van der Waals surface area contributed by atoms with Crippen molar-refractivity contribution in [3.05, 3.63) is 47.5 Å². The lowest BCUT2D eigenvalue weighted by Crippen LogP contribution is -2.52. The molecule has 1 fully saturated rings. The number of aliphatic hydroxyl groups is 1. The quantitative estimate of drug-likeness (QED) is 0.877. The van der Waals surface area contributed by atoms with Crippen molar-refractivity contribution >= 4 is 11.6 Å². The van der Waals surface area contributed by atoms with Crippen LogP contribution in [-0.2, 0) is 6.42 Å². The molecule has 130 valence electrons. The van der Waals surface area contributed by atoms with E-state index in [0.717, 1.165) is 30.7 Å². The molecule has 1 N–H and O–H groups in total. The van der Waals surface area contributed by atoms with Gasteiger partial charge in [0.05, 0.1) is 11.6 Å². The first-order valence-corrected chi connectivity index (χ1v) is 9.07. The molecule has 4 nitrogen and oxygen atoms in total. The van der Waals surface area contributed by atoms with Crippen LogP contribution in [0.2, 0.25) is 5.02 Å². The van der Waals surface area contributed by atoms with Gasteiger partial charge in [-0.2, -0.15) is 5.10 Å².